The van der Waals surface area contributed by atoms with Crippen LogP contribution in [0.1, 0.15) is 17.3 Å². The minimum Gasteiger partial charge on any atom is -0.478 e. The van der Waals surface area contributed by atoms with Crippen LogP contribution in [0, 0.1) is 18.2 Å². The summed E-state index contributed by atoms with van der Waals surface area (Å²) in [6.07, 6.45) is 5.02. The highest BCUT2D eigenvalue weighted by Crippen LogP contribution is 2.15. The fraction of sp³-hybridized carbons (Fsp3) is 0.182. The van der Waals surface area contributed by atoms with Crippen molar-refractivity contribution in [1.82, 2.24) is 4.72 Å². The maximum Gasteiger partial charge on any atom is 0.338 e. The molecule has 1 atom stereocenters. The zero-order valence-corrected chi connectivity index (χ0v) is 10.2. The summed E-state index contributed by atoms with van der Waals surface area (Å²) < 4.78 is 38.9. The van der Waals surface area contributed by atoms with Gasteiger partial charge in [-0.25, -0.2) is 17.6 Å². The third-order valence-electron chi connectivity index (χ3n) is 2.06. The summed E-state index contributed by atoms with van der Waals surface area (Å²) in [5.41, 5.74) is -0.598. The van der Waals surface area contributed by atoms with Gasteiger partial charge in [0.2, 0.25) is 10.0 Å². The van der Waals surface area contributed by atoms with Crippen molar-refractivity contribution in [3.63, 3.8) is 0 Å². The van der Waals surface area contributed by atoms with E-state index in [2.05, 4.69) is 10.6 Å². The Labute approximate surface area is 104 Å². The van der Waals surface area contributed by atoms with E-state index in [9.17, 15) is 17.6 Å². The maximum absolute atomic E-state index is 13.3. The molecular formula is C11H10FNO4S. The summed E-state index contributed by atoms with van der Waals surface area (Å²) in [5, 5.41) is 8.61. The Morgan fingerprint density at radius 2 is 2.17 bits per heavy atom. The number of carboxylic acids is 1. The summed E-state index contributed by atoms with van der Waals surface area (Å²) >= 11 is 0. The van der Waals surface area contributed by atoms with Crippen molar-refractivity contribution in [2.24, 2.45) is 0 Å². The Kier molecular flexibility index (Phi) is 4.06. The molecule has 1 aromatic carbocycles. The standard InChI is InChI=1S/C11H10FNO4S/c1-3-7(2)13-18(16,17)8-4-5-9(11(14)15)10(12)6-8/h1,4-7,13H,2H3,(H,14,15). The lowest BCUT2D eigenvalue weighted by Crippen LogP contribution is -2.31. The van der Waals surface area contributed by atoms with E-state index in [-0.39, 0.29) is 4.90 Å². The number of carbonyl (C=O) groups is 1. The normalized spacial score (nSPS) is 12.7. The maximum atomic E-state index is 13.3. The van der Waals surface area contributed by atoms with Crippen molar-refractivity contribution in [3.05, 3.63) is 29.6 Å². The molecule has 0 bridgehead atoms. The van der Waals surface area contributed by atoms with Crippen LogP contribution in [0.5, 0.6) is 0 Å². The van der Waals surface area contributed by atoms with Gasteiger partial charge >= 0.3 is 5.97 Å². The first-order valence-corrected chi connectivity index (χ1v) is 6.27. The molecule has 0 aromatic heterocycles. The molecule has 0 heterocycles. The summed E-state index contributed by atoms with van der Waals surface area (Å²) in [7, 11) is -3.96. The molecule has 0 radical (unpaired) electrons. The molecule has 96 valence electrons. The molecule has 1 rings (SSSR count). The molecule has 5 nitrogen and oxygen atoms in total. The van der Waals surface area contributed by atoms with Gasteiger partial charge < -0.3 is 5.11 Å². The third-order valence-corrected chi connectivity index (χ3v) is 3.60. The molecule has 0 fully saturated rings. The number of halogens is 1. The number of terminal acetylenes is 1. The van der Waals surface area contributed by atoms with E-state index in [1.54, 1.807) is 0 Å². The molecule has 0 saturated heterocycles. The van der Waals surface area contributed by atoms with Gasteiger partial charge in [-0.2, -0.15) is 4.72 Å². The van der Waals surface area contributed by atoms with Crippen molar-refractivity contribution >= 4 is 16.0 Å². The molecule has 18 heavy (non-hydrogen) atoms. The van der Waals surface area contributed by atoms with E-state index in [1.807, 2.05) is 0 Å². The van der Waals surface area contributed by atoms with E-state index < -0.39 is 33.4 Å². The van der Waals surface area contributed by atoms with Crippen molar-refractivity contribution in [2.75, 3.05) is 0 Å². The van der Waals surface area contributed by atoms with Gasteiger partial charge in [0.25, 0.3) is 0 Å². The van der Waals surface area contributed by atoms with Crippen LogP contribution in [0.4, 0.5) is 4.39 Å². The lowest BCUT2D eigenvalue weighted by atomic mass is 10.2. The molecule has 0 aliphatic carbocycles. The highest BCUT2D eigenvalue weighted by atomic mass is 32.2. The van der Waals surface area contributed by atoms with E-state index in [0.717, 1.165) is 12.1 Å². The van der Waals surface area contributed by atoms with E-state index >= 15 is 0 Å². The number of hydrogen-bond acceptors (Lipinski definition) is 3. The van der Waals surface area contributed by atoms with Crippen LogP contribution < -0.4 is 4.72 Å². The van der Waals surface area contributed by atoms with Gasteiger partial charge in [0.05, 0.1) is 16.5 Å². The number of benzene rings is 1. The lowest BCUT2D eigenvalue weighted by molar-refractivity contribution is 0.0691. The number of nitrogens with one attached hydrogen (secondary N) is 1. The Morgan fingerprint density at radius 3 is 2.61 bits per heavy atom. The Bertz CT molecular complexity index is 618. The molecule has 1 unspecified atom stereocenters. The molecule has 0 amide bonds. The van der Waals surface area contributed by atoms with Gasteiger partial charge in [-0.1, -0.05) is 5.92 Å². The van der Waals surface area contributed by atoms with Crippen LogP contribution in [0.25, 0.3) is 0 Å². The first-order valence-electron chi connectivity index (χ1n) is 4.79. The molecular weight excluding hydrogens is 261 g/mol. The summed E-state index contributed by atoms with van der Waals surface area (Å²) in [4.78, 5) is 10.2. The molecule has 7 heteroatoms. The van der Waals surface area contributed by atoms with Crippen LogP contribution >= 0.6 is 0 Å². The van der Waals surface area contributed by atoms with Crippen molar-refractivity contribution in [3.8, 4) is 12.3 Å². The van der Waals surface area contributed by atoms with Crippen LogP contribution in [-0.2, 0) is 10.0 Å². The second kappa shape index (κ2) is 5.16. The Hall–Kier alpha value is -1.91. The number of aromatic carboxylic acids is 1. The van der Waals surface area contributed by atoms with Gasteiger partial charge in [-0.05, 0) is 25.1 Å². The zero-order valence-electron chi connectivity index (χ0n) is 9.34. The lowest BCUT2D eigenvalue weighted by Gasteiger charge is -2.09. The van der Waals surface area contributed by atoms with Gasteiger partial charge in [-0.3, -0.25) is 0 Å². The highest BCUT2D eigenvalue weighted by Gasteiger charge is 2.19. The molecule has 0 saturated carbocycles. The third kappa shape index (κ3) is 3.06. The van der Waals surface area contributed by atoms with E-state index in [1.165, 1.54) is 6.92 Å². The average molecular weight is 271 g/mol. The molecule has 0 aliphatic heterocycles. The van der Waals surface area contributed by atoms with E-state index in [4.69, 9.17) is 11.5 Å². The van der Waals surface area contributed by atoms with Gasteiger partial charge in [0, 0.05) is 0 Å². The van der Waals surface area contributed by atoms with Crippen LogP contribution in [-0.4, -0.2) is 25.5 Å². The first-order chi connectivity index (χ1) is 8.27. The van der Waals surface area contributed by atoms with Crippen molar-refractivity contribution in [2.45, 2.75) is 17.9 Å². The number of carboxylic acid groups (broad SMARTS) is 1. The molecule has 1 aromatic rings. The largest absolute Gasteiger partial charge is 0.478 e. The van der Waals surface area contributed by atoms with Crippen LogP contribution in [0.2, 0.25) is 0 Å². The minimum atomic E-state index is -3.96. The second-order valence-electron chi connectivity index (χ2n) is 3.46. The minimum absolute atomic E-state index is 0.382. The van der Waals surface area contributed by atoms with Crippen molar-refractivity contribution < 1.29 is 22.7 Å². The van der Waals surface area contributed by atoms with Gasteiger partial charge in [0.15, 0.2) is 0 Å². The van der Waals surface area contributed by atoms with Gasteiger partial charge in [0.1, 0.15) is 5.82 Å². The first kappa shape index (κ1) is 14.2. The quantitative estimate of drug-likeness (QED) is 0.794. The van der Waals surface area contributed by atoms with E-state index in [0.29, 0.717) is 6.07 Å². The molecule has 2 N–H and O–H groups in total. The predicted molar refractivity (Wildman–Crippen MR) is 62.0 cm³/mol. The summed E-state index contributed by atoms with van der Waals surface area (Å²) in [5.74, 6) is -0.440. The monoisotopic (exact) mass is 271 g/mol. The highest BCUT2D eigenvalue weighted by molar-refractivity contribution is 7.89. The fourth-order valence-electron chi connectivity index (χ4n) is 1.17. The van der Waals surface area contributed by atoms with Gasteiger partial charge in [-0.15, -0.1) is 6.42 Å². The molecule has 0 spiro atoms. The zero-order chi connectivity index (χ0) is 13.9. The number of sulfonamides is 1. The van der Waals surface area contributed by atoms with Crippen LogP contribution in [0.15, 0.2) is 23.1 Å². The predicted octanol–water partition coefficient (Wildman–Crippen LogP) is 0.824. The summed E-state index contributed by atoms with van der Waals surface area (Å²) in [6.45, 7) is 1.44. The SMILES string of the molecule is C#CC(C)NS(=O)(=O)c1ccc(C(=O)O)c(F)c1. The topological polar surface area (TPSA) is 83.5 Å². The number of hydrogen-bond donors (Lipinski definition) is 2. The smallest absolute Gasteiger partial charge is 0.338 e. The fourth-order valence-corrected chi connectivity index (χ4v) is 2.35. The van der Waals surface area contributed by atoms with Crippen LogP contribution in [0.3, 0.4) is 0 Å². The Balaban J connectivity index is 3.16. The molecule has 0 aliphatic rings. The van der Waals surface area contributed by atoms with Crippen molar-refractivity contribution in [1.29, 1.82) is 0 Å². The Morgan fingerprint density at radius 1 is 1.56 bits per heavy atom. The summed E-state index contributed by atoms with van der Waals surface area (Å²) in [6, 6.07) is 1.76. The second-order valence-corrected chi connectivity index (χ2v) is 5.17. The number of rotatable bonds is 4. The average Bonchev–Trinajstić information content (AvgIpc) is 2.27.